The maximum atomic E-state index is 13.5. The Hall–Kier alpha value is -2.89. The molecule has 0 N–H and O–H groups in total. The molecule has 5 nitrogen and oxygen atoms in total. The molecule has 114 valence electrons. The lowest BCUT2D eigenvalue weighted by molar-refractivity contribution is -0.132. The van der Waals surface area contributed by atoms with Crippen LogP contribution in [0.15, 0.2) is 53.7 Å². The number of esters is 1. The molecule has 2 aromatic rings. The number of hydrogen-bond donors (Lipinski definition) is 0. The SMILES string of the molecule is CO/N=C(/C(=O)OC)c1ccc(F)cc1Oc1ccccc1. The first kappa shape index (κ1) is 15.5. The van der Waals surface area contributed by atoms with Crippen LogP contribution in [0.3, 0.4) is 0 Å². The summed E-state index contributed by atoms with van der Waals surface area (Å²) in [5, 5.41) is 3.64. The van der Waals surface area contributed by atoms with Crippen LogP contribution in [0, 0.1) is 5.82 Å². The van der Waals surface area contributed by atoms with Gasteiger partial charge in [-0.3, -0.25) is 0 Å². The van der Waals surface area contributed by atoms with Gasteiger partial charge in [0.2, 0.25) is 0 Å². The molecule has 0 aromatic heterocycles. The molecule has 0 amide bonds. The van der Waals surface area contributed by atoms with E-state index in [-0.39, 0.29) is 17.0 Å². The van der Waals surface area contributed by atoms with Crippen LogP contribution in [0.1, 0.15) is 5.56 Å². The number of rotatable bonds is 5. The van der Waals surface area contributed by atoms with Gasteiger partial charge in [-0.25, -0.2) is 9.18 Å². The van der Waals surface area contributed by atoms with Crippen LogP contribution in [-0.2, 0) is 14.4 Å². The van der Waals surface area contributed by atoms with Crippen molar-refractivity contribution in [3.63, 3.8) is 0 Å². The molecular weight excluding hydrogens is 289 g/mol. The number of hydrogen-bond acceptors (Lipinski definition) is 5. The van der Waals surface area contributed by atoms with Gasteiger partial charge in [0.15, 0.2) is 5.71 Å². The molecule has 0 heterocycles. The second-order valence-corrected chi connectivity index (χ2v) is 4.17. The van der Waals surface area contributed by atoms with E-state index in [4.69, 9.17) is 4.74 Å². The molecule has 0 fully saturated rings. The molecule has 0 spiro atoms. The van der Waals surface area contributed by atoms with Gasteiger partial charge in [0.25, 0.3) is 0 Å². The Morgan fingerprint density at radius 3 is 2.45 bits per heavy atom. The molecule has 0 aliphatic heterocycles. The van der Waals surface area contributed by atoms with Gasteiger partial charge in [-0.05, 0) is 24.3 Å². The average Bonchev–Trinajstić information content (AvgIpc) is 2.54. The number of ether oxygens (including phenoxy) is 2. The molecule has 22 heavy (non-hydrogen) atoms. The van der Waals surface area contributed by atoms with Gasteiger partial charge in [-0.2, -0.15) is 0 Å². The summed E-state index contributed by atoms with van der Waals surface area (Å²) >= 11 is 0. The first-order valence-corrected chi connectivity index (χ1v) is 6.38. The largest absolute Gasteiger partial charge is 0.464 e. The van der Waals surface area contributed by atoms with E-state index in [0.29, 0.717) is 5.75 Å². The Labute approximate surface area is 126 Å². The van der Waals surface area contributed by atoms with E-state index < -0.39 is 11.8 Å². The van der Waals surface area contributed by atoms with Crippen molar-refractivity contribution in [3.05, 3.63) is 59.9 Å². The fourth-order valence-corrected chi connectivity index (χ4v) is 1.78. The van der Waals surface area contributed by atoms with E-state index in [2.05, 4.69) is 14.7 Å². The van der Waals surface area contributed by atoms with Gasteiger partial charge in [0, 0.05) is 6.07 Å². The van der Waals surface area contributed by atoms with Crippen LogP contribution < -0.4 is 4.74 Å². The summed E-state index contributed by atoms with van der Waals surface area (Å²) in [5.41, 5.74) is 0.148. The smallest absolute Gasteiger partial charge is 0.360 e. The average molecular weight is 303 g/mol. The first-order chi connectivity index (χ1) is 10.7. The van der Waals surface area contributed by atoms with Gasteiger partial charge in [0.05, 0.1) is 12.7 Å². The predicted octanol–water partition coefficient (Wildman–Crippen LogP) is 3.14. The summed E-state index contributed by atoms with van der Waals surface area (Å²) in [4.78, 5) is 16.5. The van der Waals surface area contributed by atoms with Gasteiger partial charge < -0.3 is 14.3 Å². The van der Waals surface area contributed by atoms with Crippen LogP contribution in [0.5, 0.6) is 11.5 Å². The third-order valence-corrected chi connectivity index (χ3v) is 2.73. The van der Waals surface area contributed by atoms with Gasteiger partial charge in [0.1, 0.15) is 24.4 Å². The molecule has 0 radical (unpaired) electrons. The summed E-state index contributed by atoms with van der Waals surface area (Å²) in [6.45, 7) is 0. The monoisotopic (exact) mass is 303 g/mol. The fraction of sp³-hybridized carbons (Fsp3) is 0.125. The standard InChI is InChI=1S/C16H14FNO4/c1-20-16(19)15(18-21-2)13-9-8-11(17)10-14(13)22-12-6-4-3-5-7-12/h3-10H,1-2H3/b18-15+. The molecule has 0 aliphatic rings. The van der Waals surface area contributed by atoms with Gasteiger partial charge >= 0.3 is 5.97 Å². The highest BCUT2D eigenvalue weighted by atomic mass is 19.1. The van der Waals surface area contributed by atoms with E-state index in [1.807, 2.05) is 6.07 Å². The second-order valence-electron chi connectivity index (χ2n) is 4.17. The Kier molecular flexibility index (Phi) is 5.08. The van der Waals surface area contributed by atoms with Crippen molar-refractivity contribution >= 4 is 11.7 Å². The molecule has 2 rings (SSSR count). The molecule has 0 aliphatic carbocycles. The van der Waals surface area contributed by atoms with Crippen molar-refractivity contribution in [2.75, 3.05) is 14.2 Å². The minimum Gasteiger partial charge on any atom is -0.464 e. The Morgan fingerprint density at radius 2 is 1.82 bits per heavy atom. The van der Waals surface area contributed by atoms with Crippen LogP contribution in [-0.4, -0.2) is 25.9 Å². The zero-order valence-electron chi connectivity index (χ0n) is 12.1. The van der Waals surface area contributed by atoms with Crippen molar-refractivity contribution in [3.8, 4) is 11.5 Å². The normalized spacial score (nSPS) is 11.0. The van der Waals surface area contributed by atoms with Crippen molar-refractivity contribution in [1.29, 1.82) is 0 Å². The Balaban J connectivity index is 2.47. The van der Waals surface area contributed by atoms with E-state index in [1.54, 1.807) is 24.3 Å². The number of para-hydroxylation sites is 1. The lowest BCUT2D eigenvalue weighted by atomic mass is 10.1. The minimum absolute atomic E-state index is 0.115. The fourth-order valence-electron chi connectivity index (χ4n) is 1.78. The number of carbonyl (C=O) groups is 1. The zero-order valence-corrected chi connectivity index (χ0v) is 12.1. The summed E-state index contributed by atoms with van der Waals surface area (Å²) < 4.78 is 23.8. The summed E-state index contributed by atoms with van der Waals surface area (Å²) in [6, 6.07) is 12.5. The lowest BCUT2D eigenvalue weighted by Crippen LogP contribution is -2.18. The minimum atomic E-state index is -0.716. The van der Waals surface area contributed by atoms with Gasteiger partial charge in [-0.15, -0.1) is 0 Å². The van der Waals surface area contributed by atoms with Crippen LogP contribution in [0.25, 0.3) is 0 Å². The number of carbonyl (C=O) groups excluding carboxylic acids is 1. The van der Waals surface area contributed by atoms with E-state index in [1.165, 1.54) is 26.4 Å². The molecule has 0 bridgehead atoms. The van der Waals surface area contributed by atoms with E-state index in [0.717, 1.165) is 6.07 Å². The molecule has 0 unspecified atom stereocenters. The molecule has 0 saturated heterocycles. The highest BCUT2D eigenvalue weighted by Gasteiger charge is 2.21. The van der Waals surface area contributed by atoms with Crippen LogP contribution in [0.4, 0.5) is 4.39 Å². The third kappa shape index (κ3) is 3.60. The zero-order chi connectivity index (χ0) is 15.9. The van der Waals surface area contributed by atoms with Crippen molar-refractivity contribution in [2.45, 2.75) is 0 Å². The predicted molar refractivity (Wildman–Crippen MR) is 78.5 cm³/mol. The molecule has 0 saturated carbocycles. The lowest BCUT2D eigenvalue weighted by Gasteiger charge is -2.11. The highest BCUT2D eigenvalue weighted by Crippen LogP contribution is 2.27. The number of benzene rings is 2. The van der Waals surface area contributed by atoms with Crippen molar-refractivity contribution in [2.24, 2.45) is 5.16 Å². The molecular formula is C16H14FNO4. The van der Waals surface area contributed by atoms with E-state index >= 15 is 0 Å². The summed E-state index contributed by atoms with van der Waals surface area (Å²) in [7, 11) is 2.51. The Morgan fingerprint density at radius 1 is 1.09 bits per heavy atom. The number of nitrogens with zero attached hydrogens (tertiary/aromatic N) is 1. The second kappa shape index (κ2) is 7.21. The summed E-state index contributed by atoms with van der Waals surface area (Å²) in [6.07, 6.45) is 0. The Bertz CT molecular complexity index is 686. The summed E-state index contributed by atoms with van der Waals surface area (Å²) in [5.74, 6) is -0.592. The third-order valence-electron chi connectivity index (χ3n) is 2.73. The molecule has 6 heteroatoms. The van der Waals surface area contributed by atoms with Crippen molar-refractivity contribution < 1.29 is 23.5 Å². The van der Waals surface area contributed by atoms with E-state index in [9.17, 15) is 9.18 Å². The number of halogens is 1. The number of methoxy groups -OCH3 is 1. The topological polar surface area (TPSA) is 57.1 Å². The quantitative estimate of drug-likeness (QED) is 0.484. The van der Waals surface area contributed by atoms with Crippen molar-refractivity contribution in [1.82, 2.24) is 0 Å². The maximum absolute atomic E-state index is 13.5. The molecule has 0 atom stereocenters. The van der Waals surface area contributed by atoms with Crippen LogP contribution >= 0.6 is 0 Å². The number of oxime groups is 1. The van der Waals surface area contributed by atoms with Gasteiger partial charge in [-0.1, -0.05) is 23.4 Å². The molecule has 2 aromatic carbocycles. The van der Waals surface area contributed by atoms with Crippen LogP contribution in [0.2, 0.25) is 0 Å². The maximum Gasteiger partial charge on any atom is 0.360 e. The highest BCUT2D eigenvalue weighted by molar-refractivity contribution is 6.43. The first-order valence-electron chi connectivity index (χ1n) is 6.38.